The number of anilines is 1. The van der Waals surface area contributed by atoms with Gasteiger partial charge >= 0.3 is 0 Å². The second-order valence-corrected chi connectivity index (χ2v) is 4.97. The molecule has 0 spiro atoms. The zero-order chi connectivity index (χ0) is 10.7. The van der Waals surface area contributed by atoms with Crippen LogP contribution in [0.2, 0.25) is 0 Å². The van der Waals surface area contributed by atoms with Crippen LogP contribution in [-0.2, 0) is 5.75 Å². The second kappa shape index (κ2) is 4.68. The Morgan fingerprint density at radius 2 is 2.33 bits per heavy atom. The molecule has 0 aliphatic rings. The lowest BCUT2D eigenvalue weighted by Crippen LogP contribution is -1.91. The average molecular weight is 236 g/mol. The number of rotatable bonds is 3. The second-order valence-electron chi connectivity index (χ2n) is 3.24. The third kappa shape index (κ3) is 2.52. The van der Waals surface area contributed by atoms with Gasteiger partial charge in [0.05, 0.1) is 11.2 Å². The van der Waals surface area contributed by atoms with E-state index in [9.17, 15) is 0 Å². The number of nitrogen functional groups attached to an aromatic ring is 1. The van der Waals surface area contributed by atoms with E-state index in [1.807, 2.05) is 17.6 Å². The minimum atomic E-state index is 0.860. The molecule has 0 unspecified atom stereocenters. The minimum Gasteiger partial charge on any atom is -0.398 e. The fraction of sp³-hybridized carbons (Fsp3) is 0.182. The predicted molar refractivity (Wildman–Crippen MR) is 67.3 cm³/mol. The van der Waals surface area contributed by atoms with Gasteiger partial charge in [-0.25, -0.2) is 4.98 Å². The Bertz CT molecular complexity index is 438. The van der Waals surface area contributed by atoms with Gasteiger partial charge < -0.3 is 5.73 Å². The van der Waals surface area contributed by atoms with Crippen LogP contribution in [-0.4, -0.2) is 4.98 Å². The SMILES string of the molecule is Cc1c(N)cccc1SCc1cscn1. The summed E-state index contributed by atoms with van der Waals surface area (Å²) >= 11 is 3.42. The van der Waals surface area contributed by atoms with Crippen molar-refractivity contribution in [1.82, 2.24) is 4.98 Å². The lowest BCUT2D eigenvalue weighted by molar-refractivity contribution is 1.22. The molecular weight excluding hydrogens is 224 g/mol. The number of thioether (sulfide) groups is 1. The number of nitrogens with zero attached hydrogens (tertiary/aromatic N) is 1. The molecule has 2 aromatic rings. The maximum absolute atomic E-state index is 5.84. The van der Waals surface area contributed by atoms with Crippen molar-refractivity contribution in [3.63, 3.8) is 0 Å². The molecule has 0 radical (unpaired) electrons. The molecule has 0 saturated heterocycles. The van der Waals surface area contributed by atoms with Crippen LogP contribution < -0.4 is 5.73 Å². The molecule has 1 heterocycles. The molecule has 0 saturated carbocycles. The molecule has 0 atom stereocenters. The molecule has 0 aliphatic carbocycles. The molecule has 1 aromatic carbocycles. The van der Waals surface area contributed by atoms with E-state index < -0.39 is 0 Å². The summed E-state index contributed by atoms with van der Waals surface area (Å²) in [4.78, 5) is 5.49. The van der Waals surface area contributed by atoms with E-state index >= 15 is 0 Å². The number of nitrogens with two attached hydrogens (primary N) is 1. The van der Waals surface area contributed by atoms with E-state index in [-0.39, 0.29) is 0 Å². The van der Waals surface area contributed by atoms with Crippen molar-refractivity contribution in [2.75, 3.05) is 5.73 Å². The van der Waals surface area contributed by atoms with Gasteiger partial charge in [-0.2, -0.15) is 0 Å². The van der Waals surface area contributed by atoms with Crippen LogP contribution >= 0.6 is 23.1 Å². The third-order valence-corrected chi connectivity index (χ3v) is 4.01. The maximum atomic E-state index is 5.84. The molecule has 0 aliphatic heterocycles. The molecule has 0 bridgehead atoms. The van der Waals surface area contributed by atoms with E-state index in [4.69, 9.17) is 5.73 Å². The van der Waals surface area contributed by atoms with Crippen molar-refractivity contribution < 1.29 is 0 Å². The highest BCUT2D eigenvalue weighted by atomic mass is 32.2. The highest BCUT2D eigenvalue weighted by molar-refractivity contribution is 7.98. The number of benzene rings is 1. The first kappa shape index (κ1) is 10.5. The fourth-order valence-corrected chi connectivity index (χ4v) is 2.88. The van der Waals surface area contributed by atoms with Crippen LogP contribution in [0.15, 0.2) is 34.0 Å². The van der Waals surface area contributed by atoms with E-state index in [2.05, 4.69) is 23.4 Å². The van der Waals surface area contributed by atoms with Gasteiger partial charge in [0.2, 0.25) is 0 Å². The van der Waals surface area contributed by atoms with Crippen LogP contribution in [0, 0.1) is 6.92 Å². The maximum Gasteiger partial charge on any atom is 0.0795 e. The quantitative estimate of drug-likeness (QED) is 0.656. The number of hydrogen-bond acceptors (Lipinski definition) is 4. The van der Waals surface area contributed by atoms with Crippen molar-refractivity contribution >= 4 is 28.8 Å². The van der Waals surface area contributed by atoms with Crippen molar-refractivity contribution in [2.45, 2.75) is 17.6 Å². The van der Waals surface area contributed by atoms with Crippen LogP contribution in [0.1, 0.15) is 11.3 Å². The topological polar surface area (TPSA) is 38.9 Å². The Kier molecular flexibility index (Phi) is 3.28. The van der Waals surface area contributed by atoms with E-state index in [1.165, 1.54) is 4.90 Å². The largest absolute Gasteiger partial charge is 0.398 e. The smallest absolute Gasteiger partial charge is 0.0795 e. The van der Waals surface area contributed by atoms with Gasteiger partial charge in [-0.3, -0.25) is 0 Å². The summed E-state index contributed by atoms with van der Waals surface area (Å²) < 4.78 is 0. The average Bonchev–Trinajstić information content (AvgIpc) is 2.73. The lowest BCUT2D eigenvalue weighted by Gasteiger charge is -2.06. The summed E-state index contributed by atoms with van der Waals surface area (Å²) in [5, 5.41) is 2.08. The van der Waals surface area contributed by atoms with Gasteiger partial charge in [-0.1, -0.05) is 6.07 Å². The third-order valence-electron chi connectivity index (χ3n) is 2.19. The normalized spacial score (nSPS) is 10.5. The summed E-state index contributed by atoms with van der Waals surface area (Å²) in [6.45, 7) is 2.05. The van der Waals surface area contributed by atoms with Crippen LogP contribution in [0.3, 0.4) is 0 Å². The Labute approximate surface area is 97.5 Å². The molecule has 4 heteroatoms. The predicted octanol–water partition coefficient (Wildman–Crippen LogP) is 3.33. The van der Waals surface area contributed by atoms with Crippen molar-refractivity contribution in [1.29, 1.82) is 0 Å². The summed E-state index contributed by atoms with van der Waals surface area (Å²) in [7, 11) is 0. The first-order valence-corrected chi connectivity index (χ1v) is 6.55. The van der Waals surface area contributed by atoms with Gasteiger partial charge in [0.25, 0.3) is 0 Å². The Morgan fingerprint density at radius 1 is 1.47 bits per heavy atom. The number of hydrogen-bond donors (Lipinski definition) is 1. The summed E-state index contributed by atoms with van der Waals surface area (Å²) in [5.41, 5.74) is 10.9. The molecule has 0 amide bonds. The standard InChI is InChI=1S/C11H12N2S2/c1-8-10(12)3-2-4-11(8)15-6-9-5-14-7-13-9/h2-5,7H,6,12H2,1H3. The Morgan fingerprint density at radius 3 is 3.07 bits per heavy atom. The van der Waals surface area contributed by atoms with E-state index in [0.29, 0.717) is 0 Å². The van der Waals surface area contributed by atoms with Crippen molar-refractivity contribution in [3.8, 4) is 0 Å². The van der Waals surface area contributed by atoms with Gasteiger partial charge in [0.15, 0.2) is 0 Å². The molecule has 1 aromatic heterocycles. The monoisotopic (exact) mass is 236 g/mol. The molecule has 0 fully saturated rings. The van der Waals surface area contributed by atoms with Crippen LogP contribution in [0.4, 0.5) is 5.69 Å². The summed E-state index contributed by atoms with van der Waals surface area (Å²) in [6, 6.07) is 6.02. The van der Waals surface area contributed by atoms with E-state index in [0.717, 1.165) is 22.7 Å². The number of thiazole rings is 1. The highest BCUT2D eigenvalue weighted by Crippen LogP contribution is 2.28. The first-order chi connectivity index (χ1) is 7.27. The molecule has 2 nitrogen and oxygen atoms in total. The zero-order valence-corrected chi connectivity index (χ0v) is 10.1. The molecule has 15 heavy (non-hydrogen) atoms. The Balaban J connectivity index is 2.08. The van der Waals surface area contributed by atoms with Crippen LogP contribution in [0.25, 0.3) is 0 Å². The summed E-state index contributed by atoms with van der Waals surface area (Å²) in [5.74, 6) is 0.911. The van der Waals surface area contributed by atoms with Gasteiger partial charge in [0.1, 0.15) is 0 Å². The fourth-order valence-electron chi connectivity index (χ4n) is 1.25. The molecule has 78 valence electrons. The summed E-state index contributed by atoms with van der Waals surface area (Å²) in [6.07, 6.45) is 0. The highest BCUT2D eigenvalue weighted by Gasteiger charge is 2.03. The van der Waals surface area contributed by atoms with E-state index in [1.54, 1.807) is 23.1 Å². The zero-order valence-electron chi connectivity index (χ0n) is 8.43. The van der Waals surface area contributed by atoms with Gasteiger partial charge in [-0.15, -0.1) is 23.1 Å². The molecule has 2 rings (SSSR count). The minimum absolute atomic E-state index is 0.860. The Hall–Kier alpha value is -1.00. The van der Waals surface area contributed by atoms with Crippen molar-refractivity contribution in [2.24, 2.45) is 0 Å². The number of aromatic nitrogens is 1. The molecular formula is C11H12N2S2. The van der Waals surface area contributed by atoms with Gasteiger partial charge in [0, 0.05) is 21.7 Å². The van der Waals surface area contributed by atoms with Crippen molar-refractivity contribution in [3.05, 3.63) is 40.3 Å². The van der Waals surface area contributed by atoms with Gasteiger partial charge in [-0.05, 0) is 24.6 Å². The van der Waals surface area contributed by atoms with Crippen LogP contribution in [0.5, 0.6) is 0 Å². The first-order valence-electron chi connectivity index (χ1n) is 4.62. The molecule has 2 N–H and O–H groups in total. The lowest BCUT2D eigenvalue weighted by atomic mass is 10.2.